The van der Waals surface area contributed by atoms with Crippen LogP contribution in [-0.2, 0) is 6.42 Å². The molecule has 0 aliphatic heterocycles. The number of hydrogen-bond acceptors (Lipinski definition) is 2. The molecule has 12 heavy (non-hydrogen) atoms. The van der Waals surface area contributed by atoms with Crippen LogP contribution < -0.4 is 5.73 Å². The molecule has 1 heterocycles. The molecule has 0 saturated heterocycles. The van der Waals surface area contributed by atoms with Crippen LogP contribution in [-0.4, -0.2) is 11.5 Å². The van der Waals surface area contributed by atoms with Crippen molar-refractivity contribution in [3.05, 3.63) is 28.6 Å². The molecule has 66 valence electrons. The average Bonchev–Trinajstić information content (AvgIpc) is 2.01. The lowest BCUT2D eigenvalue weighted by Crippen LogP contribution is -2.06. The fraction of sp³-hybridized carbons (Fsp3) is 0.500. The van der Waals surface area contributed by atoms with Gasteiger partial charge in [0.05, 0.1) is 0 Å². The van der Waals surface area contributed by atoms with E-state index in [9.17, 15) is 0 Å². The summed E-state index contributed by atoms with van der Waals surface area (Å²) in [6.45, 7) is 6.94. The number of aromatic nitrogens is 1. The van der Waals surface area contributed by atoms with Crippen molar-refractivity contribution in [1.29, 1.82) is 0 Å². The Kier molecular flexibility index (Phi) is 2.82. The predicted octanol–water partition coefficient (Wildman–Crippen LogP) is 1.51. The Morgan fingerprint density at radius 1 is 1.33 bits per heavy atom. The van der Waals surface area contributed by atoms with Gasteiger partial charge in [0, 0.05) is 17.8 Å². The molecule has 0 amide bonds. The highest BCUT2D eigenvalue weighted by Crippen LogP contribution is 2.11. The first-order valence-electron chi connectivity index (χ1n) is 4.29. The van der Waals surface area contributed by atoms with Crippen LogP contribution in [0.1, 0.15) is 22.5 Å². The molecule has 0 bridgehead atoms. The molecule has 0 unspecified atom stereocenters. The van der Waals surface area contributed by atoms with Gasteiger partial charge in [-0.2, -0.15) is 0 Å². The predicted molar refractivity (Wildman–Crippen MR) is 51.2 cm³/mol. The van der Waals surface area contributed by atoms with Gasteiger partial charge >= 0.3 is 0 Å². The Morgan fingerprint density at radius 2 is 2.00 bits per heavy atom. The Morgan fingerprint density at radius 3 is 2.50 bits per heavy atom. The summed E-state index contributed by atoms with van der Waals surface area (Å²) in [6, 6.07) is 2.12. The molecule has 0 atom stereocenters. The van der Waals surface area contributed by atoms with Crippen LogP contribution in [0.4, 0.5) is 0 Å². The minimum Gasteiger partial charge on any atom is -0.330 e. The molecular weight excluding hydrogens is 148 g/mol. The summed E-state index contributed by atoms with van der Waals surface area (Å²) in [5.41, 5.74) is 10.3. The van der Waals surface area contributed by atoms with Crippen molar-refractivity contribution >= 4 is 0 Å². The lowest BCUT2D eigenvalue weighted by Gasteiger charge is -2.06. The molecule has 0 aliphatic carbocycles. The molecule has 1 aromatic rings. The molecule has 2 N–H and O–H groups in total. The Labute approximate surface area is 73.8 Å². The summed E-state index contributed by atoms with van der Waals surface area (Å²) in [7, 11) is 0. The Balaban J connectivity index is 3.04. The summed E-state index contributed by atoms with van der Waals surface area (Å²) in [4.78, 5) is 4.44. The van der Waals surface area contributed by atoms with E-state index in [1.54, 1.807) is 0 Å². The second kappa shape index (κ2) is 3.68. The van der Waals surface area contributed by atoms with Crippen molar-refractivity contribution in [3.63, 3.8) is 0 Å². The van der Waals surface area contributed by atoms with E-state index >= 15 is 0 Å². The van der Waals surface area contributed by atoms with Gasteiger partial charge in [0.1, 0.15) is 0 Å². The number of rotatable bonds is 2. The maximum Gasteiger partial charge on any atom is 0.0422 e. The molecule has 0 saturated carbocycles. The first kappa shape index (κ1) is 9.20. The van der Waals surface area contributed by atoms with E-state index in [2.05, 4.69) is 24.9 Å². The van der Waals surface area contributed by atoms with Crippen molar-refractivity contribution in [2.45, 2.75) is 27.2 Å². The monoisotopic (exact) mass is 164 g/mol. The third-order valence-corrected chi connectivity index (χ3v) is 2.23. The summed E-state index contributed by atoms with van der Waals surface area (Å²) >= 11 is 0. The van der Waals surface area contributed by atoms with Crippen LogP contribution in [0.3, 0.4) is 0 Å². The standard InChI is InChI=1S/C10H16N2/c1-7-6-10(4-5-11)12-9(3)8(7)2/h6H,4-5,11H2,1-3H3. The van der Waals surface area contributed by atoms with Gasteiger partial charge in [0.2, 0.25) is 0 Å². The molecule has 0 spiro atoms. The minimum absolute atomic E-state index is 0.676. The van der Waals surface area contributed by atoms with Crippen LogP contribution in [0.25, 0.3) is 0 Å². The molecule has 0 fully saturated rings. The maximum absolute atomic E-state index is 5.46. The van der Waals surface area contributed by atoms with Crippen LogP contribution in [0.2, 0.25) is 0 Å². The zero-order valence-electron chi connectivity index (χ0n) is 8.02. The molecule has 0 aliphatic rings. The minimum atomic E-state index is 0.676. The highest BCUT2D eigenvalue weighted by molar-refractivity contribution is 5.29. The molecule has 1 aromatic heterocycles. The van der Waals surface area contributed by atoms with Gasteiger partial charge in [0.25, 0.3) is 0 Å². The summed E-state index contributed by atoms with van der Waals surface area (Å²) in [5, 5.41) is 0. The maximum atomic E-state index is 5.46. The van der Waals surface area contributed by atoms with E-state index < -0.39 is 0 Å². The van der Waals surface area contributed by atoms with E-state index in [0.29, 0.717) is 6.54 Å². The highest BCUT2D eigenvalue weighted by atomic mass is 14.7. The zero-order valence-corrected chi connectivity index (χ0v) is 8.02. The van der Waals surface area contributed by atoms with Gasteiger partial charge in [-0.25, -0.2) is 0 Å². The number of nitrogens with two attached hydrogens (primary N) is 1. The highest BCUT2D eigenvalue weighted by Gasteiger charge is 2.01. The van der Waals surface area contributed by atoms with Crippen molar-refractivity contribution in [2.24, 2.45) is 5.73 Å². The van der Waals surface area contributed by atoms with Gasteiger partial charge in [-0.05, 0) is 44.5 Å². The van der Waals surface area contributed by atoms with Crippen LogP contribution in [0.5, 0.6) is 0 Å². The van der Waals surface area contributed by atoms with Gasteiger partial charge in [-0.1, -0.05) is 0 Å². The third kappa shape index (κ3) is 1.83. The lowest BCUT2D eigenvalue weighted by atomic mass is 10.1. The van der Waals surface area contributed by atoms with Crippen molar-refractivity contribution < 1.29 is 0 Å². The van der Waals surface area contributed by atoms with Gasteiger partial charge in [-0.15, -0.1) is 0 Å². The molecule has 2 nitrogen and oxygen atoms in total. The number of hydrogen-bond donors (Lipinski definition) is 1. The smallest absolute Gasteiger partial charge is 0.0422 e. The van der Waals surface area contributed by atoms with Crippen molar-refractivity contribution in [2.75, 3.05) is 6.54 Å². The first-order valence-corrected chi connectivity index (χ1v) is 4.29. The number of pyridine rings is 1. The van der Waals surface area contributed by atoms with Crippen molar-refractivity contribution in [1.82, 2.24) is 4.98 Å². The SMILES string of the molecule is Cc1cc(CCN)nc(C)c1C. The molecular formula is C10H16N2. The van der Waals surface area contributed by atoms with Gasteiger partial charge in [-0.3, -0.25) is 4.98 Å². The zero-order chi connectivity index (χ0) is 9.14. The first-order chi connectivity index (χ1) is 5.65. The fourth-order valence-corrected chi connectivity index (χ4v) is 1.25. The Hall–Kier alpha value is -0.890. The summed E-state index contributed by atoms with van der Waals surface area (Å²) in [5.74, 6) is 0. The molecule has 1 rings (SSSR count). The quantitative estimate of drug-likeness (QED) is 0.719. The third-order valence-electron chi connectivity index (χ3n) is 2.23. The van der Waals surface area contributed by atoms with E-state index in [1.165, 1.54) is 11.1 Å². The van der Waals surface area contributed by atoms with E-state index in [-0.39, 0.29) is 0 Å². The second-order valence-corrected chi connectivity index (χ2v) is 3.18. The fourth-order valence-electron chi connectivity index (χ4n) is 1.25. The lowest BCUT2D eigenvalue weighted by molar-refractivity contribution is 0.902. The second-order valence-electron chi connectivity index (χ2n) is 3.18. The van der Waals surface area contributed by atoms with Gasteiger partial charge < -0.3 is 5.73 Å². The van der Waals surface area contributed by atoms with Crippen molar-refractivity contribution in [3.8, 4) is 0 Å². The van der Waals surface area contributed by atoms with Crippen LogP contribution >= 0.6 is 0 Å². The van der Waals surface area contributed by atoms with Crippen LogP contribution in [0, 0.1) is 20.8 Å². The van der Waals surface area contributed by atoms with E-state index in [0.717, 1.165) is 17.8 Å². The number of aryl methyl sites for hydroxylation is 2. The van der Waals surface area contributed by atoms with E-state index in [1.807, 2.05) is 6.92 Å². The van der Waals surface area contributed by atoms with Crippen LogP contribution in [0.15, 0.2) is 6.07 Å². The Bertz CT molecular complexity index is 256. The largest absolute Gasteiger partial charge is 0.330 e. The average molecular weight is 164 g/mol. The van der Waals surface area contributed by atoms with E-state index in [4.69, 9.17) is 5.73 Å². The normalized spacial score (nSPS) is 10.3. The summed E-state index contributed by atoms with van der Waals surface area (Å²) in [6.07, 6.45) is 0.877. The topological polar surface area (TPSA) is 38.9 Å². The molecule has 2 heteroatoms. The van der Waals surface area contributed by atoms with Gasteiger partial charge in [0.15, 0.2) is 0 Å². The molecule has 0 aromatic carbocycles. The summed E-state index contributed by atoms with van der Waals surface area (Å²) < 4.78 is 0. The number of nitrogens with zero attached hydrogens (tertiary/aromatic N) is 1. The molecule has 0 radical (unpaired) electrons.